The lowest BCUT2D eigenvalue weighted by atomic mass is 10.0. The molecule has 2 N–H and O–H groups in total. The van der Waals surface area contributed by atoms with Gasteiger partial charge in [-0.3, -0.25) is 9.59 Å². The lowest BCUT2D eigenvalue weighted by molar-refractivity contribution is 0.0697. The lowest BCUT2D eigenvalue weighted by Crippen LogP contribution is -2.46. The van der Waals surface area contributed by atoms with Crippen LogP contribution < -0.4 is 10.0 Å². The van der Waals surface area contributed by atoms with E-state index in [-0.39, 0.29) is 28.8 Å². The Kier molecular flexibility index (Phi) is 5.95. The van der Waals surface area contributed by atoms with Gasteiger partial charge in [-0.25, -0.2) is 13.1 Å². The van der Waals surface area contributed by atoms with Crippen LogP contribution in [0.5, 0.6) is 0 Å². The summed E-state index contributed by atoms with van der Waals surface area (Å²) in [4.78, 5) is 27.2. The molecule has 1 aromatic carbocycles. The molecule has 2 aromatic rings. The van der Waals surface area contributed by atoms with E-state index in [9.17, 15) is 18.0 Å². The highest BCUT2D eigenvalue weighted by molar-refractivity contribution is 7.89. The fraction of sp³-hybridized carbons (Fsp3) is 0.429. The number of rotatable bonds is 6. The van der Waals surface area contributed by atoms with Gasteiger partial charge >= 0.3 is 0 Å². The van der Waals surface area contributed by atoms with Crippen molar-refractivity contribution in [2.75, 3.05) is 13.1 Å². The Labute approximate surface area is 180 Å². The van der Waals surface area contributed by atoms with Crippen molar-refractivity contribution in [3.8, 4) is 0 Å². The molecule has 0 bridgehead atoms. The number of piperidine rings is 1. The molecule has 1 aromatic heterocycles. The number of likely N-dealkylation sites (tertiary alicyclic amines) is 1. The van der Waals surface area contributed by atoms with Crippen LogP contribution in [-0.2, 0) is 10.0 Å². The van der Waals surface area contributed by atoms with E-state index in [0.29, 0.717) is 37.1 Å². The van der Waals surface area contributed by atoms with Gasteiger partial charge in [-0.05, 0) is 61.7 Å². The number of aryl methyl sites for hydroxylation is 1. The number of hydrogen-bond donors (Lipinski definition) is 2. The third kappa shape index (κ3) is 4.74. The number of nitrogens with zero attached hydrogens (tertiary/aromatic N) is 1. The normalized spacial score (nSPS) is 17.7. The minimum Gasteiger partial charge on any atom is -0.349 e. The van der Waals surface area contributed by atoms with E-state index in [4.69, 9.17) is 0 Å². The summed E-state index contributed by atoms with van der Waals surface area (Å²) in [5.74, 6) is -0.253. The highest BCUT2D eigenvalue weighted by atomic mass is 32.2. The quantitative estimate of drug-likeness (QED) is 0.711. The Morgan fingerprint density at radius 3 is 2.43 bits per heavy atom. The Morgan fingerprint density at radius 1 is 1.07 bits per heavy atom. The molecule has 0 spiro atoms. The molecule has 0 radical (unpaired) electrons. The molecule has 0 unspecified atom stereocenters. The van der Waals surface area contributed by atoms with E-state index in [1.807, 2.05) is 17.7 Å². The molecule has 2 fully saturated rings. The SMILES string of the molecule is Cc1ccc(S(=O)(=O)NC2CC2)cc1C(=O)N1CCC(NC(=O)c2ccsc2)CC1. The monoisotopic (exact) mass is 447 g/mol. The van der Waals surface area contributed by atoms with Gasteiger partial charge in [0.2, 0.25) is 10.0 Å². The van der Waals surface area contributed by atoms with Crippen LogP contribution in [0, 0.1) is 6.92 Å². The Hall–Kier alpha value is -2.23. The average molecular weight is 448 g/mol. The van der Waals surface area contributed by atoms with Crippen LogP contribution in [-0.4, -0.2) is 50.3 Å². The van der Waals surface area contributed by atoms with E-state index >= 15 is 0 Å². The standard InChI is InChI=1S/C21H25N3O4S2/c1-14-2-5-18(30(27,28)23-17-3-4-17)12-19(14)21(26)24-9-6-16(7-10-24)22-20(25)15-8-11-29-13-15/h2,5,8,11-13,16-17,23H,3-4,6-7,9-10H2,1H3,(H,22,25). The largest absolute Gasteiger partial charge is 0.349 e. The summed E-state index contributed by atoms with van der Waals surface area (Å²) in [6.07, 6.45) is 3.05. The van der Waals surface area contributed by atoms with Crippen LogP contribution in [0.1, 0.15) is 52.0 Å². The van der Waals surface area contributed by atoms with Gasteiger partial charge in [0, 0.05) is 41.7 Å². The molecular weight excluding hydrogens is 422 g/mol. The van der Waals surface area contributed by atoms with Gasteiger partial charge in [-0.15, -0.1) is 0 Å². The molecule has 160 valence electrons. The molecule has 4 rings (SSSR count). The van der Waals surface area contributed by atoms with E-state index in [0.717, 1.165) is 18.4 Å². The fourth-order valence-electron chi connectivity index (χ4n) is 3.55. The highest BCUT2D eigenvalue weighted by Crippen LogP contribution is 2.24. The van der Waals surface area contributed by atoms with Crippen molar-refractivity contribution >= 4 is 33.2 Å². The summed E-state index contributed by atoms with van der Waals surface area (Å²) >= 11 is 1.48. The van der Waals surface area contributed by atoms with Crippen molar-refractivity contribution in [1.29, 1.82) is 0 Å². The van der Waals surface area contributed by atoms with Gasteiger partial charge in [0.05, 0.1) is 4.90 Å². The van der Waals surface area contributed by atoms with E-state index < -0.39 is 10.0 Å². The van der Waals surface area contributed by atoms with Crippen LogP contribution in [0.4, 0.5) is 0 Å². The number of carbonyl (C=O) groups excluding carboxylic acids is 2. The summed E-state index contributed by atoms with van der Waals surface area (Å²) < 4.78 is 27.7. The molecular formula is C21H25N3O4S2. The molecule has 1 saturated carbocycles. The van der Waals surface area contributed by atoms with E-state index in [1.165, 1.54) is 17.4 Å². The first-order chi connectivity index (χ1) is 14.3. The number of amides is 2. The molecule has 2 heterocycles. The third-order valence-corrected chi connectivity index (χ3v) is 7.75. The maximum Gasteiger partial charge on any atom is 0.254 e. The number of benzene rings is 1. The van der Waals surface area contributed by atoms with Gasteiger partial charge in [0.25, 0.3) is 11.8 Å². The van der Waals surface area contributed by atoms with Crippen molar-refractivity contribution in [2.24, 2.45) is 0 Å². The van der Waals surface area contributed by atoms with Crippen LogP contribution in [0.3, 0.4) is 0 Å². The van der Waals surface area contributed by atoms with E-state index in [1.54, 1.807) is 23.1 Å². The number of sulfonamides is 1. The van der Waals surface area contributed by atoms with Crippen molar-refractivity contribution in [1.82, 2.24) is 14.9 Å². The Bertz CT molecular complexity index is 1040. The number of thiophene rings is 1. The zero-order valence-electron chi connectivity index (χ0n) is 16.8. The van der Waals surface area contributed by atoms with Gasteiger partial charge < -0.3 is 10.2 Å². The smallest absolute Gasteiger partial charge is 0.254 e. The van der Waals surface area contributed by atoms with Crippen molar-refractivity contribution < 1.29 is 18.0 Å². The minimum absolute atomic E-state index is 0.0128. The van der Waals surface area contributed by atoms with Crippen LogP contribution in [0.25, 0.3) is 0 Å². The molecule has 7 nitrogen and oxygen atoms in total. The zero-order valence-corrected chi connectivity index (χ0v) is 18.4. The lowest BCUT2D eigenvalue weighted by Gasteiger charge is -2.32. The Balaban J connectivity index is 1.40. The first-order valence-corrected chi connectivity index (χ1v) is 12.5. The number of nitrogens with one attached hydrogen (secondary N) is 2. The van der Waals surface area contributed by atoms with Crippen LogP contribution >= 0.6 is 11.3 Å². The predicted molar refractivity (Wildman–Crippen MR) is 115 cm³/mol. The van der Waals surface area contributed by atoms with Gasteiger partial charge in [0.1, 0.15) is 0 Å². The molecule has 9 heteroatoms. The molecule has 1 aliphatic carbocycles. The van der Waals surface area contributed by atoms with Crippen LogP contribution in [0.15, 0.2) is 39.9 Å². The van der Waals surface area contributed by atoms with Gasteiger partial charge in [0.15, 0.2) is 0 Å². The van der Waals surface area contributed by atoms with Gasteiger partial charge in [-0.1, -0.05) is 6.07 Å². The summed E-state index contributed by atoms with van der Waals surface area (Å²) in [5.41, 5.74) is 1.82. The maximum absolute atomic E-state index is 13.1. The van der Waals surface area contributed by atoms with Crippen LogP contribution in [0.2, 0.25) is 0 Å². The number of hydrogen-bond acceptors (Lipinski definition) is 5. The minimum atomic E-state index is -3.61. The topological polar surface area (TPSA) is 95.6 Å². The molecule has 1 saturated heterocycles. The summed E-state index contributed by atoms with van der Waals surface area (Å²) in [5, 5.41) is 6.71. The molecule has 2 amide bonds. The summed E-state index contributed by atoms with van der Waals surface area (Å²) in [6.45, 7) is 2.85. The predicted octanol–water partition coefficient (Wildman–Crippen LogP) is 2.53. The fourth-order valence-corrected chi connectivity index (χ4v) is 5.51. The van der Waals surface area contributed by atoms with Crippen molar-refractivity contribution in [3.05, 3.63) is 51.7 Å². The zero-order chi connectivity index (χ0) is 21.3. The number of carbonyl (C=O) groups is 2. The van der Waals surface area contributed by atoms with Crippen molar-refractivity contribution in [3.63, 3.8) is 0 Å². The summed E-state index contributed by atoms with van der Waals surface area (Å²) in [6, 6.07) is 6.54. The average Bonchev–Trinajstić information content (AvgIpc) is 3.35. The van der Waals surface area contributed by atoms with E-state index in [2.05, 4.69) is 10.0 Å². The molecule has 1 aliphatic heterocycles. The second kappa shape index (κ2) is 8.49. The maximum atomic E-state index is 13.1. The Morgan fingerprint density at radius 2 is 1.80 bits per heavy atom. The first-order valence-electron chi connectivity index (χ1n) is 10.1. The highest BCUT2D eigenvalue weighted by Gasteiger charge is 2.30. The summed E-state index contributed by atoms with van der Waals surface area (Å²) in [7, 11) is -3.61. The first kappa shape index (κ1) is 21.0. The second-order valence-corrected chi connectivity index (χ2v) is 10.4. The molecule has 30 heavy (non-hydrogen) atoms. The molecule has 2 aliphatic rings. The van der Waals surface area contributed by atoms with Gasteiger partial charge in [-0.2, -0.15) is 11.3 Å². The third-order valence-electron chi connectivity index (χ3n) is 5.55. The molecule has 0 atom stereocenters. The second-order valence-electron chi connectivity index (χ2n) is 7.92. The van der Waals surface area contributed by atoms with Crippen molar-refractivity contribution in [2.45, 2.75) is 49.6 Å².